The average Bonchev–Trinajstić information content (AvgIpc) is 3.05. The number of rotatable bonds is 6. The Morgan fingerprint density at radius 1 is 1.00 bits per heavy atom. The molecule has 1 aromatic carbocycles. The molecule has 1 aromatic rings. The van der Waals surface area contributed by atoms with Crippen molar-refractivity contribution < 1.29 is 22.7 Å². The maximum atomic E-state index is 12.9. The van der Waals surface area contributed by atoms with Crippen molar-refractivity contribution in [2.24, 2.45) is 5.92 Å². The van der Waals surface area contributed by atoms with E-state index in [9.17, 15) is 18.0 Å². The SMILES string of the molecule is CC(OC(=O)c1ccc(S(=O)(=O)N2CCCCCC2)cc1)C(=O)NC1CCCCC1C. The topological polar surface area (TPSA) is 92.8 Å². The highest BCUT2D eigenvalue weighted by Crippen LogP contribution is 2.24. The standard InChI is InChI=1S/C23H34N2O5S/c1-17-9-5-6-10-21(17)24-22(26)18(2)30-23(27)19-11-13-20(14-12-19)31(28,29)25-15-7-3-4-8-16-25/h11-14,17-18,21H,3-10,15-16H2,1-2H3,(H,24,26). The van der Waals surface area contributed by atoms with Crippen LogP contribution in [0, 0.1) is 5.92 Å². The van der Waals surface area contributed by atoms with Gasteiger partial charge in [0.1, 0.15) is 0 Å². The molecule has 0 bridgehead atoms. The molecular weight excluding hydrogens is 416 g/mol. The van der Waals surface area contributed by atoms with Gasteiger partial charge in [-0.1, -0.05) is 32.6 Å². The lowest BCUT2D eigenvalue weighted by molar-refractivity contribution is -0.130. The van der Waals surface area contributed by atoms with Crippen molar-refractivity contribution in [3.8, 4) is 0 Å². The predicted molar refractivity (Wildman–Crippen MR) is 118 cm³/mol. The first kappa shape index (κ1) is 23.7. The van der Waals surface area contributed by atoms with Gasteiger partial charge in [-0.25, -0.2) is 13.2 Å². The lowest BCUT2D eigenvalue weighted by Gasteiger charge is -2.30. The van der Waals surface area contributed by atoms with Gasteiger partial charge in [-0.3, -0.25) is 4.79 Å². The zero-order valence-electron chi connectivity index (χ0n) is 18.5. The highest BCUT2D eigenvalue weighted by molar-refractivity contribution is 7.89. The smallest absolute Gasteiger partial charge is 0.338 e. The number of nitrogens with zero attached hydrogens (tertiary/aromatic N) is 1. The minimum Gasteiger partial charge on any atom is -0.449 e. The summed E-state index contributed by atoms with van der Waals surface area (Å²) in [6, 6.07) is 5.88. The fraction of sp³-hybridized carbons (Fsp3) is 0.652. The number of carbonyl (C=O) groups excluding carboxylic acids is 2. The molecule has 1 saturated heterocycles. The number of hydrogen-bond donors (Lipinski definition) is 1. The molecule has 0 radical (unpaired) electrons. The van der Waals surface area contributed by atoms with E-state index >= 15 is 0 Å². The van der Waals surface area contributed by atoms with Crippen LogP contribution < -0.4 is 5.32 Å². The summed E-state index contributed by atoms with van der Waals surface area (Å²) in [5, 5.41) is 2.99. The monoisotopic (exact) mass is 450 g/mol. The van der Waals surface area contributed by atoms with E-state index in [1.807, 2.05) is 0 Å². The minimum atomic E-state index is -3.57. The van der Waals surface area contributed by atoms with Crippen LogP contribution in [0.15, 0.2) is 29.2 Å². The molecule has 1 N–H and O–H groups in total. The molecule has 0 aromatic heterocycles. The van der Waals surface area contributed by atoms with Crippen LogP contribution in [0.2, 0.25) is 0 Å². The van der Waals surface area contributed by atoms with E-state index in [2.05, 4.69) is 12.2 Å². The van der Waals surface area contributed by atoms with Gasteiger partial charge in [0.2, 0.25) is 10.0 Å². The average molecular weight is 451 g/mol. The maximum Gasteiger partial charge on any atom is 0.338 e. The van der Waals surface area contributed by atoms with Crippen LogP contribution in [0.1, 0.15) is 75.6 Å². The Morgan fingerprint density at radius 3 is 2.23 bits per heavy atom. The Kier molecular flexibility index (Phi) is 8.11. The quantitative estimate of drug-likeness (QED) is 0.670. The Bertz CT molecular complexity index is 860. The van der Waals surface area contributed by atoms with Gasteiger partial charge in [0.05, 0.1) is 10.5 Å². The number of hydrogen-bond acceptors (Lipinski definition) is 5. The summed E-state index contributed by atoms with van der Waals surface area (Å²) in [7, 11) is -3.57. The Labute approximate surface area is 185 Å². The summed E-state index contributed by atoms with van der Waals surface area (Å²) in [6.07, 6.45) is 7.21. The number of esters is 1. The fourth-order valence-corrected chi connectivity index (χ4v) is 5.82. The van der Waals surface area contributed by atoms with E-state index in [1.54, 1.807) is 6.92 Å². The molecule has 8 heteroatoms. The van der Waals surface area contributed by atoms with Crippen molar-refractivity contribution in [1.29, 1.82) is 0 Å². The Balaban J connectivity index is 1.58. The number of amides is 1. The normalized spacial score (nSPS) is 24.1. The molecule has 1 heterocycles. The second-order valence-corrected chi connectivity index (χ2v) is 10.7. The third-order valence-electron chi connectivity index (χ3n) is 6.39. The molecule has 3 rings (SSSR count). The molecule has 1 saturated carbocycles. The van der Waals surface area contributed by atoms with Gasteiger partial charge in [-0.2, -0.15) is 4.31 Å². The van der Waals surface area contributed by atoms with Crippen molar-refractivity contribution >= 4 is 21.9 Å². The van der Waals surface area contributed by atoms with Crippen molar-refractivity contribution in [3.05, 3.63) is 29.8 Å². The Hall–Kier alpha value is -1.93. The van der Waals surface area contributed by atoms with Crippen LogP contribution in [0.3, 0.4) is 0 Å². The van der Waals surface area contributed by atoms with E-state index in [4.69, 9.17) is 4.74 Å². The molecule has 172 valence electrons. The van der Waals surface area contributed by atoms with Crippen LogP contribution in [-0.2, 0) is 19.6 Å². The van der Waals surface area contributed by atoms with E-state index in [0.29, 0.717) is 19.0 Å². The first-order valence-electron chi connectivity index (χ1n) is 11.4. The molecular formula is C23H34N2O5S. The molecule has 3 unspecified atom stereocenters. The third-order valence-corrected chi connectivity index (χ3v) is 8.30. The van der Waals surface area contributed by atoms with Crippen LogP contribution in [0.4, 0.5) is 0 Å². The lowest BCUT2D eigenvalue weighted by atomic mass is 9.86. The van der Waals surface area contributed by atoms with Crippen LogP contribution in [-0.4, -0.2) is 49.8 Å². The first-order valence-corrected chi connectivity index (χ1v) is 12.8. The fourth-order valence-electron chi connectivity index (χ4n) is 4.31. The highest BCUT2D eigenvalue weighted by atomic mass is 32.2. The second kappa shape index (κ2) is 10.6. The molecule has 7 nitrogen and oxygen atoms in total. The molecule has 0 spiro atoms. The number of ether oxygens (including phenoxy) is 1. The summed E-state index contributed by atoms with van der Waals surface area (Å²) in [5.74, 6) is -0.523. The molecule has 2 fully saturated rings. The predicted octanol–water partition coefficient (Wildman–Crippen LogP) is 3.49. The molecule has 1 aliphatic heterocycles. The third kappa shape index (κ3) is 6.07. The highest BCUT2D eigenvalue weighted by Gasteiger charge is 2.28. The van der Waals surface area contributed by atoms with Gasteiger partial charge in [-0.15, -0.1) is 0 Å². The van der Waals surface area contributed by atoms with E-state index in [0.717, 1.165) is 44.9 Å². The lowest BCUT2D eigenvalue weighted by Crippen LogP contribution is -2.45. The largest absolute Gasteiger partial charge is 0.449 e. The molecule has 1 amide bonds. The van der Waals surface area contributed by atoms with E-state index < -0.39 is 22.1 Å². The molecule has 2 aliphatic rings. The van der Waals surface area contributed by atoms with Gasteiger partial charge >= 0.3 is 5.97 Å². The molecule has 3 atom stereocenters. The van der Waals surface area contributed by atoms with Gasteiger partial charge in [0, 0.05) is 19.1 Å². The van der Waals surface area contributed by atoms with Crippen molar-refractivity contribution in [1.82, 2.24) is 9.62 Å². The van der Waals surface area contributed by atoms with Crippen molar-refractivity contribution in [2.45, 2.75) is 82.3 Å². The van der Waals surface area contributed by atoms with Gasteiger partial charge < -0.3 is 10.1 Å². The first-order chi connectivity index (χ1) is 14.8. The number of benzene rings is 1. The van der Waals surface area contributed by atoms with Gasteiger partial charge in [0.15, 0.2) is 6.10 Å². The van der Waals surface area contributed by atoms with Crippen molar-refractivity contribution in [2.75, 3.05) is 13.1 Å². The maximum absolute atomic E-state index is 12.9. The number of carbonyl (C=O) groups is 2. The van der Waals surface area contributed by atoms with Crippen LogP contribution >= 0.6 is 0 Å². The zero-order valence-corrected chi connectivity index (χ0v) is 19.3. The van der Waals surface area contributed by atoms with Gasteiger partial charge in [-0.05, 0) is 62.8 Å². The minimum absolute atomic E-state index is 0.117. The summed E-state index contributed by atoms with van der Waals surface area (Å²) in [4.78, 5) is 25.1. The van der Waals surface area contributed by atoms with Crippen molar-refractivity contribution in [3.63, 3.8) is 0 Å². The van der Waals surface area contributed by atoms with Gasteiger partial charge in [0.25, 0.3) is 5.91 Å². The van der Waals surface area contributed by atoms with Crippen LogP contribution in [0.25, 0.3) is 0 Å². The van der Waals surface area contributed by atoms with Crippen LogP contribution in [0.5, 0.6) is 0 Å². The summed E-state index contributed by atoms with van der Waals surface area (Å²) in [5.41, 5.74) is 0.223. The second-order valence-electron chi connectivity index (χ2n) is 8.77. The molecule has 1 aliphatic carbocycles. The zero-order chi connectivity index (χ0) is 22.4. The summed E-state index contributed by atoms with van der Waals surface area (Å²) < 4.78 is 32.6. The summed E-state index contributed by atoms with van der Waals surface area (Å²) in [6.45, 7) is 4.73. The number of sulfonamides is 1. The molecule has 31 heavy (non-hydrogen) atoms. The van der Waals surface area contributed by atoms with E-state index in [1.165, 1.54) is 35.0 Å². The Morgan fingerprint density at radius 2 is 1.61 bits per heavy atom. The number of nitrogens with one attached hydrogen (secondary N) is 1. The summed E-state index contributed by atoms with van der Waals surface area (Å²) >= 11 is 0. The van der Waals surface area contributed by atoms with E-state index in [-0.39, 0.29) is 22.4 Å².